The van der Waals surface area contributed by atoms with E-state index < -0.39 is 10.8 Å². The number of rotatable bonds is 2. The monoisotopic (exact) mass is 202 g/mol. The first-order valence-electron chi connectivity index (χ1n) is 3.16. The minimum Gasteiger partial charge on any atom is -0.365 e. The van der Waals surface area contributed by atoms with Gasteiger partial charge in [-0.15, -0.1) is 12.4 Å². The van der Waals surface area contributed by atoms with Crippen molar-refractivity contribution in [2.75, 3.05) is 0 Å². The van der Waals surface area contributed by atoms with Gasteiger partial charge >= 0.3 is 0 Å². The summed E-state index contributed by atoms with van der Waals surface area (Å²) >= 11 is 0. The van der Waals surface area contributed by atoms with Crippen molar-refractivity contribution in [2.45, 2.75) is 0 Å². The van der Waals surface area contributed by atoms with Gasteiger partial charge < -0.3 is 5.73 Å². The zero-order valence-electron chi connectivity index (χ0n) is 6.47. The van der Waals surface area contributed by atoms with E-state index in [1.807, 2.05) is 0 Å². The van der Waals surface area contributed by atoms with Crippen molar-refractivity contribution in [3.63, 3.8) is 0 Å². The molecule has 0 aromatic heterocycles. The molecule has 0 aliphatic rings. The zero-order chi connectivity index (χ0) is 9.14. The van der Waals surface area contributed by atoms with Gasteiger partial charge in [-0.25, -0.2) is 0 Å². The SMILES string of the molecule is Cl.NC(=O)c1ccccc1[N+](=O)[O-]. The van der Waals surface area contributed by atoms with Crippen molar-refractivity contribution in [2.24, 2.45) is 5.73 Å². The maximum Gasteiger partial charge on any atom is 0.282 e. The Hall–Kier alpha value is -1.62. The number of halogens is 1. The van der Waals surface area contributed by atoms with Crippen LogP contribution in [0.4, 0.5) is 5.69 Å². The van der Waals surface area contributed by atoms with Gasteiger partial charge in [-0.2, -0.15) is 0 Å². The number of carbonyl (C=O) groups excluding carboxylic acids is 1. The Morgan fingerprint density at radius 2 is 1.92 bits per heavy atom. The zero-order valence-corrected chi connectivity index (χ0v) is 7.28. The summed E-state index contributed by atoms with van der Waals surface area (Å²) in [4.78, 5) is 20.3. The fourth-order valence-corrected chi connectivity index (χ4v) is 0.841. The summed E-state index contributed by atoms with van der Waals surface area (Å²) < 4.78 is 0. The molecule has 1 aromatic rings. The first kappa shape index (κ1) is 11.4. The number of nitrogens with zero attached hydrogens (tertiary/aromatic N) is 1. The van der Waals surface area contributed by atoms with Gasteiger partial charge in [0.2, 0.25) is 0 Å². The summed E-state index contributed by atoms with van der Waals surface area (Å²) in [6.45, 7) is 0. The molecule has 0 atom stereocenters. The second-order valence-electron chi connectivity index (χ2n) is 2.14. The number of hydrogen-bond donors (Lipinski definition) is 1. The maximum absolute atomic E-state index is 10.6. The smallest absolute Gasteiger partial charge is 0.282 e. The van der Waals surface area contributed by atoms with Crippen LogP contribution in [0, 0.1) is 10.1 Å². The Labute approximate surface area is 80.1 Å². The van der Waals surface area contributed by atoms with Crippen LogP contribution in [0.15, 0.2) is 24.3 Å². The number of carbonyl (C=O) groups is 1. The first-order chi connectivity index (χ1) is 5.63. The fraction of sp³-hybridized carbons (Fsp3) is 0. The third kappa shape index (κ3) is 2.41. The summed E-state index contributed by atoms with van der Waals surface area (Å²) in [5.41, 5.74) is 4.58. The van der Waals surface area contributed by atoms with Crippen LogP contribution < -0.4 is 5.73 Å². The molecule has 70 valence electrons. The minimum absolute atomic E-state index is 0. The molecule has 0 aliphatic heterocycles. The van der Waals surface area contributed by atoms with Gasteiger partial charge in [0, 0.05) is 6.07 Å². The quantitative estimate of drug-likeness (QED) is 0.576. The number of primary amides is 1. The lowest BCUT2D eigenvalue weighted by Gasteiger charge is -1.95. The molecule has 1 aromatic carbocycles. The molecule has 0 radical (unpaired) electrons. The summed E-state index contributed by atoms with van der Waals surface area (Å²) in [5.74, 6) is -0.790. The lowest BCUT2D eigenvalue weighted by molar-refractivity contribution is -0.385. The Balaban J connectivity index is 0.00000144. The highest BCUT2D eigenvalue weighted by Crippen LogP contribution is 2.16. The number of nitro benzene ring substituents is 1. The van der Waals surface area contributed by atoms with E-state index in [4.69, 9.17) is 5.73 Å². The van der Waals surface area contributed by atoms with Gasteiger partial charge in [0.25, 0.3) is 11.6 Å². The fourth-order valence-electron chi connectivity index (χ4n) is 0.841. The molecule has 1 amide bonds. The molecule has 0 aliphatic carbocycles. The van der Waals surface area contributed by atoms with Crippen LogP contribution in [-0.4, -0.2) is 10.8 Å². The van der Waals surface area contributed by atoms with E-state index in [0.717, 1.165) is 0 Å². The molecule has 2 N–H and O–H groups in total. The number of para-hydroxylation sites is 1. The predicted molar refractivity (Wildman–Crippen MR) is 48.9 cm³/mol. The number of amides is 1. The van der Waals surface area contributed by atoms with E-state index in [0.29, 0.717) is 0 Å². The third-order valence-corrected chi connectivity index (χ3v) is 1.37. The van der Waals surface area contributed by atoms with Crippen molar-refractivity contribution < 1.29 is 9.72 Å². The Morgan fingerprint density at radius 1 is 1.38 bits per heavy atom. The van der Waals surface area contributed by atoms with Crippen LogP contribution in [0.25, 0.3) is 0 Å². The molecule has 0 spiro atoms. The first-order valence-corrected chi connectivity index (χ1v) is 3.16. The lowest BCUT2D eigenvalue weighted by atomic mass is 10.2. The third-order valence-electron chi connectivity index (χ3n) is 1.37. The minimum atomic E-state index is -0.790. The normalized spacial score (nSPS) is 8.62. The van der Waals surface area contributed by atoms with Gasteiger partial charge in [0.05, 0.1) is 4.92 Å². The highest BCUT2D eigenvalue weighted by atomic mass is 35.5. The summed E-state index contributed by atoms with van der Waals surface area (Å²) in [6, 6.07) is 5.55. The van der Waals surface area contributed by atoms with Gasteiger partial charge in [0.15, 0.2) is 0 Å². The van der Waals surface area contributed by atoms with Gasteiger partial charge in [-0.1, -0.05) is 12.1 Å². The average molecular weight is 203 g/mol. The van der Waals surface area contributed by atoms with E-state index in [2.05, 4.69) is 0 Å². The van der Waals surface area contributed by atoms with E-state index in [-0.39, 0.29) is 23.7 Å². The van der Waals surface area contributed by atoms with E-state index in [1.54, 1.807) is 0 Å². The van der Waals surface area contributed by atoms with Gasteiger partial charge in [-0.05, 0) is 6.07 Å². The largest absolute Gasteiger partial charge is 0.365 e. The molecule has 0 saturated heterocycles. The highest BCUT2D eigenvalue weighted by Gasteiger charge is 2.15. The molecule has 0 unspecified atom stereocenters. The Morgan fingerprint density at radius 3 is 2.31 bits per heavy atom. The average Bonchev–Trinajstić information content (AvgIpc) is 2.04. The molecular formula is C7H7ClN2O3. The molecule has 6 heteroatoms. The summed E-state index contributed by atoms with van der Waals surface area (Å²) in [5, 5.41) is 10.3. The summed E-state index contributed by atoms with van der Waals surface area (Å²) in [6.07, 6.45) is 0. The van der Waals surface area contributed by atoms with Crippen LogP contribution >= 0.6 is 12.4 Å². The van der Waals surface area contributed by atoms with Crippen molar-refractivity contribution in [1.82, 2.24) is 0 Å². The number of nitrogens with two attached hydrogens (primary N) is 1. The summed E-state index contributed by atoms with van der Waals surface area (Å²) in [7, 11) is 0. The van der Waals surface area contributed by atoms with Crippen LogP contribution in [0.1, 0.15) is 10.4 Å². The number of hydrogen-bond acceptors (Lipinski definition) is 3. The number of benzene rings is 1. The molecule has 0 heterocycles. The second-order valence-corrected chi connectivity index (χ2v) is 2.14. The molecule has 0 fully saturated rings. The van der Waals surface area contributed by atoms with E-state index >= 15 is 0 Å². The molecule has 1 rings (SSSR count). The molecule has 13 heavy (non-hydrogen) atoms. The van der Waals surface area contributed by atoms with Crippen molar-refractivity contribution in [1.29, 1.82) is 0 Å². The van der Waals surface area contributed by atoms with Crippen molar-refractivity contribution >= 4 is 24.0 Å². The topological polar surface area (TPSA) is 86.2 Å². The molecule has 5 nitrogen and oxygen atoms in total. The van der Waals surface area contributed by atoms with Crippen molar-refractivity contribution in [3.8, 4) is 0 Å². The standard InChI is InChI=1S/C7H6N2O3.ClH/c8-7(10)5-3-1-2-4-6(5)9(11)12;/h1-4H,(H2,8,10);1H. The van der Waals surface area contributed by atoms with Gasteiger partial charge in [0.1, 0.15) is 5.56 Å². The van der Waals surface area contributed by atoms with Crippen LogP contribution in [0.3, 0.4) is 0 Å². The van der Waals surface area contributed by atoms with Crippen LogP contribution in [0.2, 0.25) is 0 Å². The van der Waals surface area contributed by atoms with Crippen LogP contribution in [0.5, 0.6) is 0 Å². The van der Waals surface area contributed by atoms with E-state index in [1.165, 1.54) is 24.3 Å². The lowest BCUT2D eigenvalue weighted by Crippen LogP contribution is -2.12. The Bertz CT molecular complexity index is 307. The molecule has 0 bridgehead atoms. The predicted octanol–water partition coefficient (Wildman–Crippen LogP) is 1.12. The number of nitro groups is 1. The van der Waals surface area contributed by atoms with Crippen molar-refractivity contribution in [3.05, 3.63) is 39.9 Å². The Kier molecular flexibility index (Phi) is 3.87. The van der Waals surface area contributed by atoms with Gasteiger partial charge in [-0.3, -0.25) is 14.9 Å². The van der Waals surface area contributed by atoms with Crippen LogP contribution in [-0.2, 0) is 0 Å². The highest BCUT2D eigenvalue weighted by molar-refractivity contribution is 5.96. The van der Waals surface area contributed by atoms with E-state index in [9.17, 15) is 14.9 Å². The molecular weight excluding hydrogens is 196 g/mol. The second kappa shape index (κ2) is 4.42. The molecule has 0 saturated carbocycles. The maximum atomic E-state index is 10.6.